The number of methoxy groups -OCH3 is 1. The molecule has 1 aromatic rings. The Hall–Kier alpha value is -2.14. The Balaban J connectivity index is 2.41. The molecule has 1 aromatic carbocycles. The Bertz CT molecular complexity index is 510. The van der Waals surface area contributed by atoms with Gasteiger partial charge in [0.1, 0.15) is 11.8 Å². The van der Waals surface area contributed by atoms with Crippen LogP contribution in [0.3, 0.4) is 0 Å². The lowest BCUT2D eigenvalue weighted by Crippen LogP contribution is -2.40. The molecule has 0 aliphatic heterocycles. The number of hydrogen-bond donors (Lipinski definition) is 1. The van der Waals surface area contributed by atoms with E-state index in [1.165, 1.54) is 0 Å². The maximum atomic E-state index is 12.0. The van der Waals surface area contributed by atoms with E-state index in [9.17, 15) is 9.59 Å². The van der Waals surface area contributed by atoms with Crippen LogP contribution in [-0.2, 0) is 20.7 Å². The minimum absolute atomic E-state index is 0.161. The number of carbonyl (C=O) groups excluding carboxylic acids is 2. The van der Waals surface area contributed by atoms with E-state index in [2.05, 4.69) is 11.9 Å². The van der Waals surface area contributed by atoms with Gasteiger partial charge in [0.15, 0.2) is 0 Å². The van der Waals surface area contributed by atoms with E-state index in [1.54, 1.807) is 32.2 Å². The van der Waals surface area contributed by atoms with E-state index in [-0.39, 0.29) is 5.91 Å². The second-order valence-electron chi connectivity index (χ2n) is 5.28. The lowest BCUT2D eigenvalue weighted by Gasteiger charge is -2.13. The van der Waals surface area contributed by atoms with E-state index in [4.69, 9.17) is 9.47 Å². The molecule has 1 rings (SSSR count). The van der Waals surface area contributed by atoms with Crippen molar-refractivity contribution in [1.82, 2.24) is 5.32 Å². The molecule has 0 fully saturated rings. The number of allylic oxidation sites excluding steroid dienone is 1. The van der Waals surface area contributed by atoms with Crippen LogP contribution in [0.5, 0.6) is 5.75 Å². The van der Waals surface area contributed by atoms with Crippen LogP contribution in [0.1, 0.15) is 31.7 Å². The summed E-state index contributed by atoms with van der Waals surface area (Å²) in [6.07, 6.45) is 4.45. The molecule has 0 saturated heterocycles. The van der Waals surface area contributed by atoms with Gasteiger partial charge in [-0.3, -0.25) is 4.79 Å². The number of unbranched alkanes of at least 4 members (excludes halogenated alkanes) is 1. The van der Waals surface area contributed by atoms with Crippen molar-refractivity contribution in [3.05, 3.63) is 42.5 Å². The average Bonchev–Trinajstić information content (AvgIpc) is 2.54. The molecule has 23 heavy (non-hydrogen) atoms. The maximum absolute atomic E-state index is 12.0. The molecule has 0 bridgehead atoms. The van der Waals surface area contributed by atoms with Crippen LogP contribution in [0, 0.1) is 0 Å². The van der Waals surface area contributed by atoms with E-state index in [0.717, 1.165) is 24.8 Å². The third-order valence-corrected chi connectivity index (χ3v) is 3.28. The van der Waals surface area contributed by atoms with Gasteiger partial charge in [0.05, 0.1) is 6.61 Å². The molecule has 1 N–H and O–H groups in total. The Morgan fingerprint density at radius 1 is 1.30 bits per heavy atom. The molecule has 0 aliphatic carbocycles. The van der Waals surface area contributed by atoms with Gasteiger partial charge in [0.25, 0.3) is 0 Å². The highest BCUT2D eigenvalue weighted by atomic mass is 16.5. The van der Waals surface area contributed by atoms with E-state index in [0.29, 0.717) is 18.8 Å². The molecule has 5 heteroatoms. The standard InChI is InChI=1S/C18H25NO4/c1-4-5-6-7-17(20)19-14(2)18(21)23-16-10-8-15(9-11-16)12-13-22-3/h4,8-11,14H,1,5-7,12-13H2,2-3H3,(H,19,20). The van der Waals surface area contributed by atoms with Crippen LogP contribution in [0.4, 0.5) is 0 Å². The first-order valence-electron chi connectivity index (χ1n) is 7.76. The molecule has 0 heterocycles. The number of nitrogens with one attached hydrogen (secondary N) is 1. The molecule has 0 aliphatic rings. The van der Waals surface area contributed by atoms with Gasteiger partial charge in [0, 0.05) is 13.5 Å². The molecule has 126 valence electrons. The zero-order valence-corrected chi connectivity index (χ0v) is 13.8. The predicted octanol–water partition coefficient (Wildman–Crippen LogP) is 2.64. The zero-order valence-electron chi connectivity index (χ0n) is 13.8. The lowest BCUT2D eigenvalue weighted by molar-refractivity contribution is -0.138. The largest absolute Gasteiger partial charge is 0.425 e. The topological polar surface area (TPSA) is 64.6 Å². The molecule has 0 aromatic heterocycles. The number of benzene rings is 1. The van der Waals surface area contributed by atoms with Crippen LogP contribution < -0.4 is 10.1 Å². The summed E-state index contributed by atoms with van der Waals surface area (Å²) in [7, 11) is 1.66. The van der Waals surface area contributed by atoms with Gasteiger partial charge >= 0.3 is 5.97 Å². The predicted molar refractivity (Wildman–Crippen MR) is 89.3 cm³/mol. The summed E-state index contributed by atoms with van der Waals surface area (Å²) in [5, 5.41) is 2.63. The van der Waals surface area contributed by atoms with Crippen LogP contribution in [-0.4, -0.2) is 31.6 Å². The summed E-state index contributed by atoms with van der Waals surface area (Å²) >= 11 is 0. The summed E-state index contributed by atoms with van der Waals surface area (Å²) in [5.74, 6) is -0.179. The van der Waals surface area contributed by atoms with Crippen molar-refractivity contribution in [2.75, 3.05) is 13.7 Å². The van der Waals surface area contributed by atoms with Crippen LogP contribution in [0.25, 0.3) is 0 Å². The van der Waals surface area contributed by atoms with Gasteiger partial charge in [-0.1, -0.05) is 18.2 Å². The van der Waals surface area contributed by atoms with E-state index >= 15 is 0 Å². The molecule has 1 atom stereocenters. The lowest BCUT2D eigenvalue weighted by atomic mass is 10.1. The number of hydrogen-bond acceptors (Lipinski definition) is 4. The highest BCUT2D eigenvalue weighted by Crippen LogP contribution is 2.13. The van der Waals surface area contributed by atoms with Gasteiger partial charge in [-0.25, -0.2) is 4.79 Å². The second-order valence-corrected chi connectivity index (χ2v) is 5.28. The number of amides is 1. The molecule has 1 unspecified atom stereocenters. The smallest absolute Gasteiger partial charge is 0.333 e. The van der Waals surface area contributed by atoms with E-state index in [1.807, 2.05) is 12.1 Å². The summed E-state index contributed by atoms with van der Waals surface area (Å²) < 4.78 is 10.3. The molecular weight excluding hydrogens is 294 g/mol. The fraction of sp³-hybridized carbons (Fsp3) is 0.444. The summed E-state index contributed by atoms with van der Waals surface area (Å²) in [6.45, 7) is 5.86. The second kappa shape index (κ2) is 10.6. The number of esters is 1. The van der Waals surface area contributed by atoms with Crippen molar-refractivity contribution < 1.29 is 19.1 Å². The van der Waals surface area contributed by atoms with Gasteiger partial charge in [0.2, 0.25) is 5.91 Å². The van der Waals surface area contributed by atoms with Crippen LogP contribution >= 0.6 is 0 Å². The van der Waals surface area contributed by atoms with Crippen LogP contribution in [0.2, 0.25) is 0 Å². The Morgan fingerprint density at radius 3 is 2.61 bits per heavy atom. The first kappa shape index (κ1) is 18.9. The average molecular weight is 319 g/mol. The number of rotatable bonds is 10. The minimum atomic E-state index is -0.681. The van der Waals surface area contributed by atoms with Crippen molar-refractivity contribution in [3.63, 3.8) is 0 Å². The van der Waals surface area contributed by atoms with Crippen molar-refractivity contribution in [3.8, 4) is 5.75 Å². The van der Waals surface area contributed by atoms with Gasteiger partial charge in [-0.05, 0) is 43.9 Å². The Labute approximate surface area is 137 Å². The summed E-state index contributed by atoms with van der Waals surface area (Å²) in [6, 6.07) is 6.57. The zero-order chi connectivity index (χ0) is 17.1. The SMILES string of the molecule is C=CCCCC(=O)NC(C)C(=O)Oc1ccc(CCOC)cc1. The minimum Gasteiger partial charge on any atom is -0.425 e. The van der Waals surface area contributed by atoms with Crippen molar-refractivity contribution in [2.45, 2.75) is 38.6 Å². The van der Waals surface area contributed by atoms with Crippen molar-refractivity contribution in [2.24, 2.45) is 0 Å². The first-order chi connectivity index (χ1) is 11.1. The Kier molecular flexibility index (Phi) is 8.68. The molecule has 5 nitrogen and oxygen atoms in total. The van der Waals surface area contributed by atoms with Gasteiger partial charge < -0.3 is 14.8 Å². The fourth-order valence-corrected chi connectivity index (χ4v) is 1.93. The highest BCUT2D eigenvalue weighted by Gasteiger charge is 2.17. The normalized spacial score (nSPS) is 11.6. The third-order valence-electron chi connectivity index (χ3n) is 3.28. The number of carbonyl (C=O) groups is 2. The summed E-state index contributed by atoms with van der Waals surface area (Å²) in [4.78, 5) is 23.6. The third kappa shape index (κ3) is 7.61. The number of ether oxygens (including phenoxy) is 2. The first-order valence-corrected chi connectivity index (χ1v) is 7.76. The van der Waals surface area contributed by atoms with Crippen molar-refractivity contribution in [1.29, 1.82) is 0 Å². The highest BCUT2D eigenvalue weighted by molar-refractivity contribution is 5.85. The Morgan fingerprint density at radius 2 is 2.00 bits per heavy atom. The van der Waals surface area contributed by atoms with Crippen molar-refractivity contribution >= 4 is 11.9 Å². The molecule has 0 radical (unpaired) electrons. The molecule has 0 spiro atoms. The van der Waals surface area contributed by atoms with Gasteiger partial charge in [-0.2, -0.15) is 0 Å². The van der Waals surface area contributed by atoms with Gasteiger partial charge in [-0.15, -0.1) is 6.58 Å². The quantitative estimate of drug-likeness (QED) is 0.312. The molecule has 1 amide bonds. The summed E-state index contributed by atoms with van der Waals surface area (Å²) in [5.41, 5.74) is 1.11. The fourth-order valence-electron chi connectivity index (χ4n) is 1.93. The van der Waals surface area contributed by atoms with E-state index < -0.39 is 12.0 Å². The molecule has 0 saturated carbocycles. The molecular formula is C18H25NO4. The van der Waals surface area contributed by atoms with Crippen LogP contribution in [0.15, 0.2) is 36.9 Å². The maximum Gasteiger partial charge on any atom is 0.333 e. The monoisotopic (exact) mass is 319 g/mol.